The van der Waals surface area contributed by atoms with Crippen molar-refractivity contribution in [3.05, 3.63) is 36.0 Å². The van der Waals surface area contributed by atoms with Gasteiger partial charge in [0.25, 0.3) is 0 Å². The number of ether oxygens (including phenoxy) is 2. The number of fused-ring (bicyclic) bond motifs is 1. The van der Waals surface area contributed by atoms with Gasteiger partial charge in [0.1, 0.15) is 11.4 Å². The molecule has 0 bridgehead atoms. The van der Waals surface area contributed by atoms with Gasteiger partial charge in [-0.1, -0.05) is 12.1 Å². The first-order chi connectivity index (χ1) is 11.4. The summed E-state index contributed by atoms with van der Waals surface area (Å²) < 4.78 is 12.8. The molecular weight excluding hydrogens is 306 g/mol. The third-order valence-corrected chi connectivity index (χ3v) is 3.83. The molecule has 2 aromatic rings. The van der Waals surface area contributed by atoms with Gasteiger partial charge in [0, 0.05) is 12.1 Å². The van der Waals surface area contributed by atoms with Crippen LogP contribution in [0.5, 0.6) is 5.75 Å². The molecule has 0 unspecified atom stereocenters. The lowest BCUT2D eigenvalue weighted by atomic mass is 10.1. The van der Waals surface area contributed by atoms with E-state index in [9.17, 15) is 4.79 Å². The van der Waals surface area contributed by atoms with Crippen LogP contribution in [0.3, 0.4) is 0 Å². The number of amides is 1. The topological polar surface area (TPSA) is 56.6 Å². The first-order valence-corrected chi connectivity index (χ1v) is 8.05. The molecule has 1 amide bonds. The Morgan fingerprint density at radius 2 is 1.96 bits per heavy atom. The van der Waals surface area contributed by atoms with Gasteiger partial charge in [0.05, 0.1) is 31.6 Å². The molecular formula is C18H23N3O3. The molecule has 24 heavy (non-hydrogen) atoms. The van der Waals surface area contributed by atoms with E-state index in [1.165, 1.54) is 0 Å². The summed E-state index contributed by atoms with van der Waals surface area (Å²) in [5.74, 6) is 0.789. The maximum absolute atomic E-state index is 12.3. The number of nitrogens with zero attached hydrogens (tertiary/aromatic N) is 3. The number of aromatic nitrogens is 2. The van der Waals surface area contributed by atoms with Gasteiger partial charge in [0.2, 0.25) is 0 Å². The molecule has 128 valence electrons. The van der Waals surface area contributed by atoms with E-state index in [1.54, 1.807) is 12.0 Å². The molecule has 2 heterocycles. The minimum atomic E-state index is -0.489. The zero-order valence-electron chi connectivity index (χ0n) is 14.6. The number of hydrogen-bond donors (Lipinski definition) is 0. The van der Waals surface area contributed by atoms with Crippen molar-refractivity contribution in [2.75, 3.05) is 13.7 Å². The predicted molar refractivity (Wildman–Crippen MR) is 90.9 cm³/mol. The first-order valence-electron chi connectivity index (χ1n) is 8.05. The zero-order chi connectivity index (χ0) is 17.3. The van der Waals surface area contributed by atoms with Gasteiger partial charge in [-0.15, -0.1) is 0 Å². The van der Waals surface area contributed by atoms with E-state index in [-0.39, 0.29) is 6.09 Å². The Bertz CT molecular complexity index is 746. The van der Waals surface area contributed by atoms with Gasteiger partial charge < -0.3 is 14.4 Å². The van der Waals surface area contributed by atoms with Crippen LogP contribution in [0, 0.1) is 0 Å². The average molecular weight is 329 g/mol. The normalized spacial score (nSPS) is 14.2. The summed E-state index contributed by atoms with van der Waals surface area (Å²) in [6, 6.07) is 9.81. The molecule has 6 heteroatoms. The fourth-order valence-electron chi connectivity index (χ4n) is 2.74. The highest BCUT2D eigenvalue weighted by molar-refractivity contribution is 5.69. The van der Waals surface area contributed by atoms with Crippen molar-refractivity contribution >= 4 is 6.09 Å². The summed E-state index contributed by atoms with van der Waals surface area (Å²) in [5, 5.41) is 4.66. The molecule has 1 aromatic heterocycles. The molecule has 0 saturated heterocycles. The summed E-state index contributed by atoms with van der Waals surface area (Å²) in [4.78, 5) is 14.0. The van der Waals surface area contributed by atoms with Crippen molar-refractivity contribution in [3.8, 4) is 17.0 Å². The van der Waals surface area contributed by atoms with E-state index in [4.69, 9.17) is 9.47 Å². The van der Waals surface area contributed by atoms with Crippen LogP contribution in [0.25, 0.3) is 11.3 Å². The average Bonchev–Trinajstić information content (AvgIpc) is 2.96. The Morgan fingerprint density at radius 3 is 2.67 bits per heavy atom. The summed E-state index contributed by atoms with van der Waals surface area (Å²) in [5.41, 5.74) is 2.31. The van der Waals surface area contributed by atoms with Crippen molar-refractivity contribution < 1.29 is 14.3 Å². The van der Waals surface area contributed by atoms with Crippen molar-refractivity contribution in [3.63, 3.8) is 0 Å². The van der Waals surface area contributed by atoms with Crippen LogP contribution in [-0.4, -0.2) is 40.0 Å². The molecule has 0 saturated carbocycles. The quantitative estimate of drug-likeness (QED) is 0.848. The van der Waals surface area contributed by atoms with E-state index < -0.39 is 5.60 Å². The van der Waals surface area contributed by atoms with Crippen LogP contribution in [0.1, 0.15) is 26.5 Å². The third-order valence-electron chi connectivity index (χ3n) is 3.83. The highest BCUT2D eigenvalue weighted by Crippen LogP contribution is 2.30. The Kier molecular flexibility index (Phi) is 4.22. The highest BCUT2D eigenvalue weighted by atomic mass is 16.6. The van der Waals surface area contributed by atoms with Crippen LogP contribution >= 0.6 is 0 Å². The molecule has 1 aliphatic heterocycles. The lowest BCUT2D eigenvalue weighted by Crippen LogP contribution is -2.41. The molecule has 6 nitrogen and oxygen atoms in total. The van der Waals surface area contributed by atoms with Crippen LogP contribution in [0.15, 0.2) is 30.3 Å². The zero-order valence-corrected chi connectivity index (χ0v) is 14.6. The standard InChI is InChI=1S/C18H23N3O3/c1-18(2,3)24-17(22)20-9-10-21-13(12-20)11-15(19-21)14-7-5-6-8-16(14)23-4/h5-8,11H,9-10,12H2,1-4H3. The molecule has 0 radical (unpaired) electrons. The second-order valence-corrected chi connectivity index (χ2v) is 6.85. The van der Waals surface area contributed by atoms with Gasteiger partial charge in [0.15, 0.2) is 0 Å². The molecule has 1 aromatic carbocycles. The van der Waals surface area contributed by atoms with Crippen molar-refractivity contribution in [2.45, 2.75) is 39.5 Å². The molecule has 0 spiro atoms. The minimum absolute atomic E-state index is 0.284. The van der Waals surface area contributed by atoms with Crippen molar-refractivity contribution in [1.29, 1.82) is 0 Å². The second kappa shape index (κ2) is 6.19. The number of benzene rings is 1. The number of para-hydroxylation sites is 1. The van der Waals surface area contributed by atoms with Gasteiger partial charge in [-0.25, -0.2) is 4.79 Å². The molecule has 0 N–H and O–H groups in total. The number of carbonyl (C=O) groups is 1. The van der Waals surface area contributed by atoms with E-state index in [0.29, 0.717) is 19.6 Å². The lowest BCUT2D eigenvalue weighted by Gasteiger charge is -2.30. The Labute approximate surface area is 142 Å². The minimum Gasteiger partial charge on any atom is -0.496 e. The molecule has 0 aliphatic carbocycles. The van der Waals surface area contributed by atoms with E-state index in [0.717, 1.165) is 22.7 Å². The van der Waals surface area contributed by atoms with Crippen LogP contribution in [-0.2, 0) is 17.8 Å². The van der Waals surface area contributed by atoms with E-state index in [1.807, 2.05) is 55.8 Å². The van der Waals surface area contributed by atoms with Crippen molar-refractivity contribution in [2.24, 2.45) is 0 Å². The van der Waals surface area contributed by atoms with Gasteiger partial charge >= 0.3 is 6.09 Å². The fourth-order valence-corrected chi connectivity index (χ4v) is 2.74. The first kappa shape index (κ1) is 16.4. The highest BCUT2D eigenvalue weighted by Gasteiger charge is 2.27. The summed E-state index contributed by atoms with van der Waals surface area (Å²) in [7, 11) is 1.65. The van der Waals surface area contributed by atoms with Gasteiger partial charge in [-0.2, -0.15) is 5.10 Å². The summed E-state index contributed by atoms with van der Waals surface area (Å²) in [6.45, 7) is 7.37. The van der Waals surface area contributed by atoms with Gasteiger partial charge in [-0.05, 0) is 39.0 Å². The summed E-state index contributed by atoms with van der Waals surface area (Å²) in [6.07, 6.45) is -0.284. The monoisotopic (exact) mass is 329 g/mol. The lowest BCUT2D eigenvalue weighted by molar-refractivity contribution is 0.0194. The predicted octanol–water partition coefficient (Wildman–Crippen LogP) is 3.31. The Morgan fingerprint density at radius 1 is 1.21 bits per heavy atom. The SMILES string of the molecule is COc1ccccc1-c1cc2n(n1)CCN(C(=O)OC(C)(C)C)C2. The van der Waals surface area contributed by atoms with E-state index in [2.05, 4.69) is 5.10 Å². The number of rotatable bonds is 2. The second-order valence-electron chi connectivity index (χ2n) is 6.85. The maximum Gasteiger partial charge on any atom is 0.410 e. The largest absolute Gasteiger partial charge is 0.496 e. The number of methoxy groups -OCH3 is 1. The Balaban J connectivity index is 1.81. The molecule has 1 aliphatic rings. The Hall–Kier alpha value is -2.50. The molecule has 0 fully saturated rings. The fraction of sp³-hybridized carbons (Fsp3) is 0.444. The summed E-state index contributed by atoms with van der Waals surface area (Å²) >= 11 is 0. The third kappa shape index (κ3) is 3.37. The molecule has 3 rings (SSSR count). The van der Waals surface area contributed by atoms with Crippen LogP contribution in [0.4, 0.5) is 4.79 Å². The number of hydrogen-bond acceptors (Lipinski definition) is 4. The molecule has 0 atom stereocenters. The van der Waals surface area contributed by atoms with E-state index >= 15 is 0 Å². The number of carbonyl (C=O) groups excluding carboxylic acids is 1. The van der Waals surface area contributed by atoms with Gasteiger partial charge in [-0.3, -0.25) is 4.68 Å². The van der Waals surface area contributed by atoms with Crippen LogP contribution in [0.2, 0.25) is 0 Å². The maximum atomic E-state index is 12.3. The van der Waals surface area contributed by atoms with Crippen molar-refractivity contribution in [1.82, 2.24) is 14.7 Å². The smallest absolute Gasteiger partial charge is 0.410 e. The van der Waals surface area contributed by atoms with Crippen LogP contribution < -0.4 is 4.74 Å².